The van der Waals surface area contributed by atoms with E-state index in [0.717, 1.165) is 16.7 Å². The molecule has 0 fully saturated rings. The molecule has 14 nitrogen and oxygen atoms in total. The molecule has 18 heteroatoms. The van der Waals surface area contributed by atoms with Gasteiger partial charge in [0.1, 0.15) is 11.9 Å². The Morgan fingerprint density at radius 3 is 1.10 bits per heavy atom. The summed E-state index contributed by atoms with van der Waals surface area (Å²) in [5, 5.41) is 31.6. The molecule has 1 atom stereocenters. The van der Waals surface area contributed by atoms with E-state index in [2.05, 4.69) is 122 Å². The molecule has 0 amide bonds. The average molecular weight is 805 g/mol. The lowest BCUT2D eigenvalue weighted by Crippen LogP contribution is -2.43. The van der Waals surface area contributed by atoms with Crippen molar-refractivity contribution in [2.45, 2.75) is 111 Å². The van der Waals surface area contributed by atoms with Crippen molar-refractivity contribution < 1.29 is 67.8 Å². The van der Waals surface area contributed by atoms with E-state index >= 15 is 0 Å². The Bertz CT molecular complexity index is 1280. The Labute approximate surface area is 307 Å². The summed E-state index contributed by atoms with van der Waals surface area (Å²) in [5.74, 6) is 0.699. The molecule has 0 radical (unpaired) electrons. The van der Waals surface area contributed by atoms with E-state index in [9.17, 15) is 15.3 Å². The molecular weight excluding hydrogens is 744 g/mol. The zero-order valence-electron chi connectivity index (χ0n) is 31.6. The minimum absolute atomic E-state index is 0.0226. The molecular formula is C33H60O14P4. The molecule has 2 rings (SSSR count). The van der Waals surface area contributed by atoms with Crippen molar-refractivity contribution in [3.05, 3.63) is 64.2 Å². The van der Waals surface area contributed by atoms with Crippen LogP contribution in [0.3, 0.4) is 0 Å². The van der Waals surface area contributed by atoms with E-state index in [0.29, 0.717) is 5.75 Å². The highest BCUT2D eigenvalue weighted by Crippen LogP contribution is 2.46. The Balaban J connectivity index is 0.00000149. The van der Waals surface area contributed by atoms with Crippen LogP contribution in [0, 0.1) is 5.41 Å². The molecule has 0 saturated heterocycles. The number of benzene rings is 2. The van der Waals surface area contributed by atoms with Crippen molar-refractivity contribution in [2.24, 2.45) is 5.41 Å². The van der Waals surface area contributed by atoms with Crippen LogP contribution >= 0.6 is 34.4 Å². The number of rotatable bonds is 11. The third-order valence-corrected chi connectivity index (χ3v) is 10.0. The maximum atomic E-state index is 10.5. The molecule has 0 spiro atoms. The highest BCUT2D eigenvalue weighted by atomic mass is 31.2. The maximum absolute atomic E-state index is 10.5. The smallest absolute Gasteiger partial charge is 0.334 e. The first-order valence-corrected chi connectivity index (χ1v) is 20.5. The van der Waals surface area contributed by atoms with Gasteiger partial charge in [0, 0.05) is 0 Å². The van der Waals surface area contributed by atoms with Gasteiger partial charge in [-0.25, -0.2) is 8.62 Å². The van der Waals surface area contributed by atoms with Gasteiger partial charge in [0.15, 0.2) is 0 Å². The van der Waals surface area contributed by atoms with E-state index in [1.54, 1.807) is 0 Å². The predicted molar refractivity (Wildman–Crippen MR) is 202 cm³/mol. The highest BCUT2D eigenvalue weighted by Gasteiger charge is 2.43. The van der Waals surface area contributed by atoms with Crippen LogP contribution < -0.4 is 4.74 Å². The fourth-order valence-electron chi connectivity index (χ4n) is 4.76. The molecule has 1 unspecified atom stereocenters. The molecule has 0 saturated carbocycles. The van der Waals surface area contributed by atoms with Gasteiger partial charge in [-0.2, -0.15) is 0 Å². The van der Waals surface area contributed by atoms with Crippen LogP contribution in [0.1, 0.15) is 117 Å². The third-order valence-electron chi connectivity index (χ3n) is 7.70. The third kappa shape index (κ3) is 17.2. The van der Waals surface area contributed by atoms with Crippen LogP contribution in [0.4, 0.5) is 0 Å². The van der Waals surface area contributed by atoms with Gasteiger partial charge >= 0.3 is 34.4 Å². The highest BCUT2D eigenvalue weighted by molar-refractivity contribution is 7.53. The number of hydrogen-bond acceptors (Lipinski definition) is 14. The molecule has 0 bridgehead atoms. The lowest BCUT2D eigenvalue weighted by atomic mass is 9.72. The number of aliphatic hydroxyl groups excluding tert-OH is 3. The second kappa shape index (κ2) is 20.9. The summed E-state index contributed by atoms with van der Waals surface area (Å²) in [6, 6.07) is 12.7. The zero-order valence-corrected chi connectivity index (χ0v) is 35.2. The van der Waals surface area contributed by atoms with Gasteiger partial charge in [-0.15, -0.1) is 0 Å². The lowest BCUT2D eigenvalue weighted by Gasteiger charge is -2.40. The molecule has 0 aliphatic carbocycles. The second-order valence-electron chi connectivity index (χ2n) is 16.0. The van der Waals surface area contributed by atoms with Gasteiger partial charge in [-0.1, -0.05) is 113 Å². The van der Waals surface area contributed by atoms with E-state index in [1.165, 1.54) is 11.1 Å². The van der Waals surface area contributed by atoms with E-state index < -0.39 is 65.7 Å². The normalized spacial score (nSPS) is 13.6. The summed E-state index contributed by atoms with van der Waals surface area (Å²) in [4.78, 5) is 62.5. The van der Waals surface area contributed by atoms with Gasteiger partial charge in [-0.3, -0.25) is 0 Å². The number of hydrogen-bond donors (Lipinski definition) is 11. The molecule has 11 N–H and O–H groups in total. The molecule has 0 aliphatic rings. The van der Waals surface area contributed by atoms with Gasteiger partial charge in [-0.05, 0) is 55.5 Å². The standard InChI is InChI=1S/C33H52O4.2H4O5P2/c1-29(2,3)22-13-15-24(25(17-22)31(7,8)9)28(33(19-34,20-35)21-36)37-27-16-14-23(30(4,5)6)18-26(27)32(10,11)12;2*1-6(2)5-7(3)4/h13-18,28,34-36H,19-21H2,1-12H3;2*1-4H. The Morgan fingerprint density at radius 1 is 0.490 bits per heavy atom. The Kier molecular flexibility index (Phi) is 20.7. The zero-order chi connectivity index (χ0) is 40.3. The summed E-state index contributed by atoms with van der Waals surface area (Å²) >= 11 is 0. The number of aliphatic hydroxyl groups is 3. The fourth-order valence-corrected chi connectivity index (χ4v) is 5.81. The van der Waals surface area contributed by atoms with Crippen molar-refractivity contribution >= 4 is 34.4 Å². The van der Waals surface area contributed by atoms with Crippen molar-refractivity contribution in [1.29, 1.82) is 0 Å². The van der Waals surface area contributed by atoms with Crippen molar-refractivity contribution in [3.8, 4) is 5.75 Å². The Morgan fingerprint density at radius 2 is 0.824 bits per heavy atom. The SMILES string of the molecule is CC(C)(C)c1ccc(OC(c2ccc(C(C)(C)C)cc2C(C)(C)C)C(CO)(CO)CO)c(C(C)(C)C)c1.OP(O)OP(O)O.OP(O)OP(O)O. The molecule has 0 aromatic heterocycles. The van der Waals surface area contributed by atoms with Crippen LogP contribution in [0.5, 0.6) is 5.75 Å². The summed E-state index contributed by atoms with van der Waals surface area (Å²) in [6.07, 6.45) is -0.766. The minimum atomic E-state index is -2.61. The van der Waals surface area contributed by atoms with E-state index in [-0.39, 0.29) is 21.7 Å². The second-order valence-corrected chi connectivity index (χ2v) is 19.4. The first-order valence-electron chi connectivity index (χ1n) is 15.8. The van der Waals surface area contributed by atoms with Crippen molar-refractivity contribution in [3.63, 3.8) is 0 Å². The summed E-state index contributed by atoms with van der Waals surface area (Å²) in [6.45, 7) is 24.9. The van der Waals surface area contributed by atoms with Crippen LogP contribution in [0.2, 0.25) is 0 Å². The average Bonchev–Trinajstić information content (AvgIpc) is 2.94. The summed E-state index contributed by atoms with van der Waals surface area (Å²) in [5.41, 5.74) is 3.64. The maximum Gasteiger partial charge on any atom is 0.334 e. The van der Waals surface area contributed by atoms with Gasteiger partial charge in [0.2, 0.25) is 0 Å². The first-order chi connectivity index (χ1) is 23.0. The molecule has 296 valence electrons. The van der Waals surface area contributed by atoms with Crippen LogP contribution in [0.15, 0.2) is 36.4 Å². The van der Waals surface area contributed by atoms with Crippen molar-refractivity contribution in [2.75, 3.05) is 19.8 Å². The van der Waals surface area contributed by atoms with Gasteiger partial charge < -0.3 is 59.2 Å². The van der Waals surface area contributed by atoms with Gasteiger partial charge in [0.25, 0.3) is 0 Å². The monoisotopic (exact) mass is 804 g/mol. The predicted octanol–water partition coefficient (Wildman–Crippen LogP) is 5.81. The first kappa shape index (κ1) is 50.4. The molecule has 2 aromatic carbocycles. The number of ether oxygens (including phenoxy) is 1. The summed E-state index contributed by atoms with van der Waals surface area (Å²) in [7, 11) is -10.4. The Hall–Kier alpha value is -0.560. The fraction of sp³-hybridized carbons (Fsp3) is 0.636. The molecule has 0 heterocycles. The summed E-state index contributed by atoms with van der Waals surface area (Å²) < 4.78 is 14.0. The van der Waals surface area contributed by atoms with Gasteiger partial charge in [0.05, 0.1) is 25.2 Å². The minimum Gasteiger partial charge on any atom is -0.485 e. The van der Waals surface area contributed by atoms with E-state index in [4.69, 9.17) is 43.9 Å². The topological polar surface area (TPSA) is 250 Å². The van der Waals surface area contributed by atoms with Crippen LogP contribution in [-0.2, 0) is 30.3 Å². The van der Waals surface area contributed by atoms with Crippen molar-refractivity contribution in [1.82, 2.24) is 0 Å². The molecule has 51 heavy (non-hydrogen) atoms. The quantitative estimate of drug-likeness (QED) is 0.120. The lowest BCUT2D eigenvalue weighted by molar-refractivity contribution is -0.0752. The molecule has 2 aromatic rings. The largest absolute Gasteiger partial charge is 0.485 e. The van der Waals surface area contributed by atoms with Crippen LogP contribution in [-0.4, -0.2) is 74.3 Å². The molecule has 0 aliphatic heterocycles. The van der Waals surface area contributed by atoms with E-state index in [1.807, 2.05) is 6.07 Å². The van der Waals surface area contributed by atoms with Crippen LogP contribution in [0.25, 0.3) is 0 Å².